The molecule has 42 heavy (non-hydrogen) atoms. The second kappa shape index (κ2) is 11.1. The number of carbonyl (C=O) groups excluding carboxylic acids is 1. The molecule has 0 aromatic carbocycles. The zero-order valence-corrected chi connectivity index (χ0v) is 26.7. The lowest BCUT2D eigenvalue weighted by atomic mass is 10.2. The minimum atomic E-state index is -0.964. The number of aliphatic hydroxyl groups excluding tert-OH is 1. The summed E-state index contributed by atoms with van der Waals surface area (Å²) in [4.78, 5) is 35.1. The number of aliphatic hydroxyl groups is 1. The number of fused-ring (bicyclic) bond motifs is 1. The Morgan fingerprint density at radius 1 is 0.905 bits per heavy atom. The number of amides is 1. The van der Waals surface area contributed by atoms with Gasteiger partial charge in [-0.15, -0.1) is 22.7 Å². The Bertz CT molecular complexity index is 1530. The summed E-state index contributed by atoms with van der Waals surface area (Å²) in [5.74, 6) is 1.66. The molecule has 0 radical (unpaired) electrons. The van der Waals surface area contributed by atoms with Crippen LogP contribution in [0, 0.1) is 0 Å². The summed E-state index contributed by atoms with van der Waals surface area (Å²) in [6, 6.07) is 4.29. The Balaban J connectivity index is 1.16. The molecule has 0 saturated carbocycles. The number of ether oxygens (including phenoxy) is 2. The van der Waals surface area contributed by atoms with E-state index in [0.29, 0.717) is 6.54 Å². The van der Waals surface area contributed by atoms with E-state index >= 15 is 0 Å². The van der Waals surface area contributed by atoms with E-state index in [9.17, 15) is 9.90 Å². The second-order valence-corrected chi connectivity index (χ2v) is 15.3. The smallest absolute Gasteiger partial charge is 0.410 e. The van der Waals surface area contributed by atoms with E-state index in [1.807, 2.05) is 58.8 Å². The van der Waals surface area contributed by atoms with Gasteiger partial charge >= 0.3 is 6.09 Å². The third-order valence-corrected chi connectivity index (χ3v) is 9.84. The number of hydrogen-bond donors (Lipinski definition) is 3. The summed E-state index contributed by atoms with van der Waals surface area (Å²) >= 11 is 3.45. The molecule has 12 heteroatoms. The van der Waals surface area contributed by atoms with Gasteiger partial charge in [0.25, 0.3) is 0 Å². The maximum absolute atomic E-state index is 12.8. The highest BCUT2D eigenvalue weighted by Crippen LogP contribution is 2.42. The van der Waals surface area contributed by atoms with Crippen LogP contribution < -0.4 is 0 Å². The van der Waals surface area contributed by atoms with Gasteiger partial charge < -0.3 is 24.5 Å². The van der Waals surface area contributed by atoms with Crippen molar-refractivity contribution in [2.24, 2.45) is 0 Å². The van der Waals surface area contributed by atoms with Gasteiger partial charge in [0.15, 0.2) is 0 Å². The normalized spacial score (nSPS) is 21.1. The van der Waals surface area contributed by atoms with Crippen LogP contribution in [0.1, 0.15) is 91.0 Å². The Morgan fingerprint density at radius 2 is 1.45 bits per heavy atom. The first-order chi connectivity index (χ1) is 19.8. The maximum Gasteiger partial charge on any atom is 0.410 e. The molecule has 10 nitrogen and oxygen atoms in total. The number of imidazole rings is 2. The average molecular weight is 613 g/mol. The van der Waals surface area contributed by atoms with Crippen molar-refractivity contribution in [2.75, 3.05) is 13.1 Å². The van der Waals surface area contributed by atoms with Crippen LogP contribution >= 0.6 is 22.7 Å². The van der Waals surface area contributed by atoms with Crippen molar-refractivity contribution >= 4 is 38.2 Å². The van der Waals surface area contributed by atoms with Crippen LogP contribution in [0.3, 0.4) is 0 Å². The number of nitrogens with one attached hydrogen (secondary N) is 2. The Labute approximate surface area is 254 Å². The summed E-state index contributed by atoms with van der Waals surface area (Å²) < 4.78 is 13.8. The molecule has 2 aliphatic heterocycles. The molecule has 2 fully saturated rings. The largest absolute Gasteiger partial charge is 0.444 e. The maximum atomic E-state index is 12.8. The van der Waals surface area contributed by atoms with Crippen molar-refractivity contribution in [3.63, 3.8) is 0 Å². The van der Waals surface area contributed by atoms with Gasteiger partial charge in [0.1, 0.15) is 17.2 Å². The highest BCUT2D eigenvalue weighted by molar-refractivity contribution is 7.31. The van der Waals surface area contributed by atoms with Gasteiger partial charge in [0.2, 0.25) is 6.41 Å². The monoisotopic (exact) mass is 612 g/mol. The van der Waals surface area contributed by atoms with Crippen LogP contribution in [-0.4, -0.2) is 71.6 Å². The summed E-state index contributed by atoms with van der Waals surface area (Å²) in [5, 5.41) is 10.7. The predicted molar refractivity (Wildman–Crippen MR) is 165 cm³/mol. The molecule has 226 valence electrons. The Hall–Kier alpha value is -2.77. The summed E-state index contributed by atoms with van der Waals surface area (Å²) in [5.41, 5.74) is 0.970. The van der Waals surface area contributed by atoms with Crippen LogP contribution in [-0.2, 0) is 9.47 Å². The quantitative estimate of drug-likeness (QED) is 0.200. The van der Waals surface area contributed by atoms with E-state index in [-0.39, 0.29) is 18.2 Å². The van der Waals surface area contributed by atoms with Crippen molar-refractivity contribution in [2.45, 2.75) is 96.9 Å². The van der Waals surface area contributed by atoms with Gasteiger partial charge in [-0.1, -0.05) is 0 Å². The standard InChI is InChI=1S/C30H40N6O4S2/c1-29(2,3)39-27(37)35-11-7-9-19(35)25-31-15-17(33-25)21-13-23-24(41-21)14-22(42-23)18-16-32-26(34-18)20-10-8-12-36(20)28(38)40-30(4,5)6/h13-16,19-20,27,37H,7-12H2,1-6H3,(H,31,33)(H,32,34)/t19-,20-,27?/m0/s1. The number of likely N-dealkylation sites (tertiary alicyclic amines) is 2. The van der Waals surface area contributed by atoms with Gasteiger partial charge in [0, 0.05) is 22.5 Å². The van der Waals surface area contributed by atoms with Crippen LogP contribution in [0.4, 0.5) is 4.79 Å². The number of carbonyl (C=O) groups is 1. The molecule has 4 aromatic rings. The van der Waals surface area contributed by atoms with Gasteiger partial charge in [-0.25, -0.2) is 19.7 Å². The minimum Gasteiger partial charge on any atom is -0.444 e. The molecule has 2 aliphatic rings. The molecule has 1 amide bonds. The number of rotatable bonds is 6. The van der Waals surface area contributed by atoms with Crippen molar-refractivity contribution in [1.29, 1.82) is 0 Å². The fourth-order valence-corrected chi connectivity index (χ4v) is 8.01. The van der Waals surface area contributed by atoms with Gasteiger partial charge in [-0.2, -0.15) is 0 Å². The number of thiophene rings is 2. The van der Waals surface area contributed by atoms with E-state index in [2.05, 4.69) is 27.1 Å². The highest BCUT2D eigenvalue weighted by Gasteiger charge is 2.36. The fraction of sp³-hybridized carbons (Fsp3) is 0.567. The van der Waals surface area contributed by atoms with E-state index in [4.69, 9.17) is 14.5 Å². The fourth-order valence-electron chi connectivity index (χ4n) is 5.68. The lowest BCUT2D eigenvalue weighted by Crippen LogP contribution is -2.41. The molecule has 0 aliphatic carbocycles. The zero-order valence-electron chi connectivity index (χ0n) is 25.1. The number of nitrogens with zero attached hydrogens (tertiary/aromatic N) is 4. The van der Waals surface area contributed by atoms with E-state index in [0.717, 1.165) is 65.0 Å². The molecule has 6 heterocycles. The minimum absolute atomic E-state index is 0.00975. The van der Waals surface area contributed by atoms with Gasteiger partial charge in [0.05, 0.1) is 51.2 Å². The average Bonchev–Trinajstić information content (AvgIpc) is 3.71. The predicted octanol–water partition coefficient (Wildman–Crippen LogP) is 7.04. The number of hydrogen-bond acceptors (Lipinski definition) is 9. The summed E-state index contributed by atoms with van der Waals surface area (Å²) in [6.45, 7) is 12.9. The van der Waals surface area contributed by atoms with Crippen molar-refractivity contribution < 1.29 is 19.4 Å². The lowest BCUT2D eigenvalue weighted by molar-refractivity contribution is -0.243. The van der Waals surface area contributed by atoms with E-state index < -0.39 is 17.6 Å². The van der Waals surface area contributed by atoms with Gasteiger partial charge in [-0.3, -0.25) is 4.90 Å². The van der Waals surface area contributed by atoms with E-state index in [1.165, 1.54) is 9.40 Å². The molecule has 0 bridgehead atoms. The third kappa shape index (κ3) is 6.14. The third-order valence-electron chi connectivity index (χ3n) is 7.48. The van der Waals surface area contributed by atoms with Crippen LogP contribution in [0.2, 0.25) is 0 Å². The molecule has 3 atom stereocenters. The number of aromatic nitrogens is 4. The van der Waals surface area contributed by atoms with Crippen LogP contribution in [0.15, 0.2) is 24.5 Å². The molecule has 4 aromatic heterocycles. The summed E-state index contributed by atoms with van der Waals surface area (Å²) in [6.07, 6.45) is 6.19. The number of aromatic amines is 2. The lowest BCUT2D eigenvalue weighted by Gasteiger charge is -2.32. The zero-order chi connectivity index (χ0) is 29.8. The Morgan fingerprint density at radius 3 is 2.02 bits per heavy atom. The molecular weight excluding hydrogens is 573 g/mol. The topological polar surface area (TPSA) is 120 Å². The highest BCUT2D eigenvalue weighted by atomic mass is 32.1. The van der Waals surface area contributed by atoms with Crippen molar-refractivity contribution in [1.82, 2.24) is 29.7 Å². The van der Waals surface area contributed by atoms with E-state index in [1.54, 1.807) is 27.6 Å². The molecule has 3 N–H and O–H groups in total. The SMILES string of the molecule is CC(C)(C)OC(=O)N1CCC[C@H]1c1ncc(-c2cc3sc(-c4cnc([C@@H]5CCCN5C(O)OC(C)(C)C)[nH]4)cc3s2)[nH]1. The van der Waals surface area contributed by atoms with Crippen LogP contribution in [0.25, 0.3) is 30.5 Å². The summed E-state index contributed by atoms with van der Waals surface area (Å²) in [7, 11) is 0. The second-order valence-electron chi connectivity index (χ2n) is 13.1. The van der Waals surface area contributed by atoms with Crippen molar-refractivity contribution in [3.05, 3.63) is 36.2 Å². The molecule has 6 rings (SSSR count). The molecule has 0 spiro atoms. The first-order valence-corrected chi connectivity index (χ1v) is 16.2. The Kier molecular flexibility index (Phi) is 7.72. The first kappa shape index (κ1) is 29.3. The van der Waals surface area contributed by atoms with Gasteiger partial charge in [-0.05, 0) is 79.4 Å². The van der Waals surface area contributed by atoms with Crippen molar-refractivity contribution in [3.8, 4) is 21.1 Å². The number of H-pyrrole nitrogens is 2. The van der Waals surface area contributed by atoms with Crippen LogP contribution in [0.5, 0.6) is 0 Å². The molecule has 2 saturated heterocycles. The first-order valence-electron chi connectivity index (χ1n) is 14.6. The molecular formula is C30H40N6O4S2. The molecule has 1 unspecified atom stereocenters.